The summed E-state index contributed by atoms with van der Waals surface area (Å²) in [5, 5.41) is 8.91. The van der Waals surface area contributed by atoms with Gasteiger partial charge in [0.15, 0.2) is 5.82 Å². The zero-order valence-electron chi connectivity index (χ0n) is 10.5. The molecule has 0 bridgehead atoms. The minimum Gasteiger partial charge on any atom is -0.497 e. The Labute approximate surface area is 110 Å². The monoisotopic (exact) mass is 256 g/mol. The fraction of sp³-hybridized carbons (Fsp3) is 0.154. The Bertz CT molecular complexity index is 650. The SMILES string of the molecule is COc1ccc(OC)c(-c2nc(N)cc(C#N)n2)c1. The molecule has 0 saturated carbocycles. The second-order valence-corrected chi connectivity index (χ2v) is 3.68. The van der Waals surface area contributed by atoms with Crippen LogP contribution in [0.25, 0.3) is 11.4 Å². The zero-order valence-corrected chi connectivity index (χ0v) is 10.5. The normalized spacial score (nSPS) is 9.74. The van der Waals surface area contributed by atoms with Crippen LogP contribution in [0.15, 0.2) is 24.3 Å². The maximum Gasteiger partial charge on any atom is 0.166 e. The first-order chi connectivity index (χ1) is 9.17. The van der Waals surface area contributed by atoms with Crippen LogP contribution in [0.4, 0.5) is 5.82 Å². The van der Waals surface area contributed by atoms with Crippen molar-refractivity contribution in [2.75, 3.05) is 20.0 Å². The number of aromatic nitrogens is 2. The second-order valence-electron chi connectivity index (χ2n) is 3.68. The van der Waals surface area contributed by atoms with E-state index in [0.717, 1.165) is 0 Å². The Morgan fingerprint density at radius 3 is 2.58 bits per heavy atom. The number of nitriles is 1. The second kappa shape index (κ2) is 5.23. The molecule has 0 saturated heterocycles. The Hall–Kier alpha value is -2.81. The highest BCUT2D eigenvalue weighted by atomic mass is 16.5. The van der Waals surface area contributed by atoms with Crippen LogP contribution in [0.3, 0.4) is 0 Å². The van der Waals surface area contributed by atoms with Crippen LogP contribution in [-0.4, -0.2) is 24.2 Å². The van der Waals surface area contributed by atoms with Gasteiger partial charge >= 0.3 is 0 Å². The molecular formula is C13H12N4O2. The van der Waals surface area contributed by atoms with Gasteiger partial charge in [0.05, 0.1) is 19.8 Å². The molecule has 1 aromatic carbocycles. The number of anilines is 1. The van der Waals surface area contributed by atoms with E-state index in [1.54, 1.807) is 32.4 Å². The average molecular weight is 256 g/mol. The first-order valence-electron chi connectivity index (χ1n) is 5.45. The molecule has 0 fully saturated rings. The maximum absolute atomic E-state index is 8.91. The van der Waals surface area contributed by atoms with Crippen molar-refractivity contribution in [2.24, 2.45) is 0 Å². The summed E-state index contributed by atoms with van der Waals surface area (Å²) in [6.45, 7) is 0. The van der Waals surface area contributed by atoms with Gasteiger partial charge in [-0.15, -0.1) is 0 Å². The highest BCUT2D eigenvalue weighted by Crippen LogP contribution is 2.31. The highest BCUT2D eigenvalue weighted by Gasteiger charge is 2.12. The van der Waals surface area contributed by atoms with Gasteiger partial charge in [-0.05, 0) is 18.2 Å². The standard InChI is InChI=1S/C13H12N4O2/c1-18-9-3-4-11(19-2)10(6-9)13-16-8(7-14)5-12(15)17-13/h3-6H,1-2H3,(H2,15,16,17). The van der Waals surface area contributed by atoms with E-state index in [1.165, 1.54) is 6.07 Å². The van der Waals surface area contributed by atoms with Gasteiger partial charge in [0.25, 0.3) is 0 Å². The van der Waals surface area contributed by atoms with Crippen LogP contribution in [0, 0.1) is 11.3 Å². The minimum absolute atomic E-state index is 0.201. The van der Waals surface area contributed by atoms with Crippen LogP contribution in [-0.2, 0) is 0 Å². The molecule has 6 heteroatoms. The summed E-state index contributed by atoms with van der Waals surface area (Å²) in [4.78, 5) is 8.23. The van der Waals surface area contributed by atoms with Crippen molar-refractivity contribution in [1.29, 1.82) is 5.26 Å². The third kappa shape index (κ3) is 2.55. The Kier molecular flexibility index (Phi) is 3.48. The highest BCUT2D eigenvalue weighted by molar-refractivity contribution is 5.67. The van der Waals surface area contributed by atoms with Crippen LogP contribution < -0.4 is 15.2 Å². The van der Waals surface area contributed by atoms with Crippen molar-refractivity contribution in [3.63, 3.8) is 0 Å². The van der Waals surface area contributed by atoms with Crippen molar-refractivity contribution < 1.29 is 9.47 Å². The van der Waals surface area contributed by atoms with E-state index >= 15 is 0 Å². The van der Waals surface area contributed by atoms with Gasteiger partial charge in [-0.3, -0.25) is 0 Å². The number of ether oxygens (including phenoxy) is 2. The predicted molar refractivity (Wildman–Crippen MR) is 69.7 cm³/mol. The van der Waals surface area contributed by atoms with Crippen LogP contribution in [0.1, 0.15) is 5.69 Å². The van der Waals surface area contributed by atoms with Gasteiger partial charge in [0.2, 0.25) is 0 Å². The van der Waals surface area contributed by atoms with Crippen molar-refractivity contribution in [1.82, 2.24) is 9.97 Å². The summed E-state index contributed by atoms with van der Waals surface area (Å²) in [5.74, 6) is 1.77. The fourth-order valence-electron chi connectivity index (χ4n) is 1.63. The molecule has 0 unspecified atom stereocenters. The molecule has 1 aromatic heterocycles. The molecule has 0 aliphatic heterocycles. The lowest BCUT2D eigenvalue weighted by Gasteiger charge is -2.09. The van der Waals surface area contributed by atoms with Gasteiger partial charge in [-0.25, -0.2) is 9.97 Å². The van der Waals surface area contributed by atoms with E-state index in [2.05, 4.69) is 9.97 Å². The molecule has 0 radical (unpaired) electrons. The number of nitrogens with zero attached hydrogens (tertiary/aromatic N) is 3. The quantitative estimate of drug-likeness (QED) is 0.896. The van der Waals surface area contributed by atoms with Crippen molar-refractivity contribution in [3.05, 3.63) is 30.0 Å². The van der Waals surface area contributed by atoms with Gasteiger partial charge in [-0.2, -0.15) is 5.26 Å². The summed E-state index contributed by atoms with van der Waals surface area (Å²) in [7, 11) is 3.11. The van der Waals surface area contributed by atoms with Crippen molar-refractivity contribution >= 4 is 5.82 Å². The number of nitrogens with two attached hydrogens (primary N) is 1. The molecule has 19 heavy (non-hydrogen) atoms. The lowest BCUT2D eigenvalue weighted by Crippen LogP contribution is -2.00. The third-order valence-electron chi connectivity index (χ3n) is 2.51. The Morgan fingerprint density at radius 2 is 1.95 bits per heavy atom. The largest absolute Gasteiger partial charge is 0.497 e. The lowest BCUT2D eigenvalue weighted by molar-refractivity contribution is 0.404. The fourth-order valence-corrected chi connectivity index (χ4v) is 1.63. The zero-order chi connectivity index (χ0) is 13.8. The van der Waals surface area contributed by atoms with Crippen LogP contribution >= 0.6 is 0 Å². The van der Waals surface area contributed by atoms with Gasteiger partial charge < -0.3 is 15.2 Å². The first-order valence-corrected chi connectivity index (χ1v) is 5.45. The Morgan fingerprint density at radius 1 is 1.16 bits per heavy atom. The molecule has 2 rings (SSSR count). The molecule has 96 valence electrons. The van der Waals surface area contributed by atoms with E-state index in [1.807, 2.05) is 6.07 Å². The molecule has 0 spiro atoms. The summed E-state index contributed by atoms with van der Waals surface area (Å²) in [6, 6.07) is 8.59. The van der Waals surface area contributed by atoms with Gasteiger partial charge in [0, 0.05) is 6.07 Å². The number of hydrogen-bond donors (Lipinski definition) is 1. The lowest BCUT2D eigenvalue weighted by atomic mass is 10.1. The average Bonchev–Trinajstić information content (AvgIpc) is 2.45. The van der Waals surface area contributed by atoms with E-state index < -0.39 is 0 Å². The summed E-state index contributed by atoms with van der Waals surface area (Å²) in [6.07, 6.45) is 0. The molecule has 6 nitrogen and oxygen atoms in total. The Balaban J connectivity index is 2.63. The minimum atomic E-state index is 0.201. The smallest absolute Gasteiger partial charge is 0.166 e. The van der Waals surface area contributed by atoms with Crippen LogP contribution in [0.2, 0.25) is 0 Å². The molecule has 0 atom stereocenters. The molecule has 0 amide bonds. The summed E-state index contributed by atoms with van der Waals surface area (Å²) >= 11 is 0. The number of methoxy groups -OCH3 is 2. The van der Waals surface area contributed by atoms with Crippen LogP contribution in [0.5, 0.6) is 11.5 Å². The topological polar surface area (TPSA) is 94.0 Å². The van der Waals surface area contributed by atoms with Gasteiger partial charge in [-0.1, -0.05) is 0 Å². The predicted octanol–water partition coefficient (Wildman–Crippen LogP) is 1.61. The van der Waals surface area contributed by atoms with E-state index in [-0.39, 0.29) is 11.5 Å². The molecule has 2 N–H and O–H groups in total. The molecule has 0 aliphatic rings. The molecular weight excluding hydrogens is 244 g/mol. The summed E-state index contributed by atoms with van der Waals surface area (Å²) < 4.78 is 10.4. The molecule has 1 heterocycles. The van der Waals surface area contributed by atoms with Crippen molar-refractivity contribution in [3.8, 4) is 29.0 Å². The van der Waals surface area contributed by atoms with E-state index in [9.17, 15) is 0 Å². The maximum atomic E-state index is 8.91. The van der Waals surface area contributed by atoms with Gasteiger partial charge in [0.1, 0.15) is 29.1 Å². The number of hydrogen-bond acceptors (Lipinski definition) is 6. The first kappa shape index (κ1) is 12.6. The number of rotatable bonds is 3. The molecule has 0 aliphatic carbocycles. The number of benzene rings is 1. The van der Waals surface area contributed by atoms with E-state index in [0.29, 0.717) is 22.9 Å². The van der Waals surface area contributed by atoms with Crippen molar-refractivity contribution in [2.45, 2.75) is 0 Å². The number of nitrogen functional groups attached to an aromatic ring is 1. The summed E-state index contributed by atoms with van der Waals surface area (Å²) in [5.41, 5.74) is 6.48. The third-order valence-corrected chi connectivity index (χ3v) is 2.51. The van der Waals surface area contributed by atoms with E-state index in [4.69, 9.17) is 20.5 Å². The molecule has 2 aromatic rings.